The summed E-state index contributed by atoms with van der Waals surface area (Å²) in [4.78, 5) is 0. The molecule has 0 atom stereocenters. The van der Waals surface area contributed by atoms with Gasteiger partial charge in [-0.1, -0.05) is 105 Å². The van der Waals surface area contributed by atoms with Crippen molar-refractivity contribution in [3.8, 4) is 0 Å². The lowest BCUT2D eigenvalue weighted by Gasteiger charge is -2.26. The zero-order valence-corrected chi connectivity index (χ0v) is 22.1. The van der Waals surface area contributed by atoms with Crippen LogP contribution in [0.25, 0.3) is 20.2 Å². The van der Waals surface area contributed by atoms with Gasteiger partial charge >= 0.3 is 0 Å². The standard InChI is InChI=1S/C31H38S/c1-29(2,3)22-17-20(18-23(19-22)30(4,5)6)16-21-12-10-14-25-27(21)28-24(31(7,8)9)13-11-15-26(28)32-25/h10-15,17-19H,16H2,1-9H3. The summed E-state index contributed by atoms with van der Waals surface area (Å²) in [6.45, 7) is 20.9. The number of hydrogen-bond donors (Lipinski definition) is 0. The van der Waals surface area contributed by atoms with Crippen LogP contribution in [0, 0.1) is 0 Å². The van der Waals surface area contributed by atoms with Crippen LogP contribution in [-0.2, 0) is 22.7 Å². The van der Waals surface area contributed by atoms with Crippen molar-refractivity contribution < 1.29 is 0 Å². The molecule has 0 saturated carbocycles. The third-order valence-corrected chi connectivity index (χ3v) is 7.66. The third kappa shape index (κ3) is 4.37. The maximum atomic E-state index is 2.44. The lowest BCUT2D eigenvalue weighted by Crippen LogP contribution is -2.17. The predicted octanol–water partition coefficient (Wildman–Crippen LogP) is 9.54. The van der Waals surface area contributed by atoms with E-state index in [2.05, 4.69) is 117 Å². The zero-order chi connectivity index (χ0) is 23.5. The molecule has 0 spiro atoms. The van der Waals surface area contributed by atoms with E-state index in [-0.39, 0.29) is 16.2 Å². The van der Waals surface area contributed by atoms with Crippen molar-refractivity contribution in [3.05, 3.63) is 82.4 Å². The average molecular weight is 443 g/mol. The van der Waals surface area contributed by atoms with Gasteiger partial charge in [-0.2, -0.15) is 0 Å². The number of thiophene rings is 1. The van der Waals surface area contributed by atoms with Crippen LogP contribution < -0.4 is 0 Å². The summed E-state index contributed by atoms with van der Waals surface area (Å²) >= 11 is 1.93. The van der Waals surface area contributed by atoms with Gasteiger partial charge in [0.1, 0.15) is 0 Å². The molecule has 0 saturated heterocycles. The highest BCUT2D eigenvalue weighted by Crippen LogP contribution is 2.42. The van der Waals surface area contributed by atoms with Crippen molar-refractivity contribution >= 4 is 31.5 Å². The molecule has 0 aliphatic carbocycles. The van der Waals surface area contributed by atoms with Crippen molar-refractivity contribution in [3.63, 3.8) is 0 Å². The van der Waals surface area contributed by atoms with Crippen molar-refractivity contribution in [1.29, 1.82) is 0 Å². The van der Waals surface area contributed by atoms with Crippen LogP contribution in [-0.4, -0.2) is 0 Å². The molecule has 0 N–H and O–H groups in total. The first kappa shape index (κ1) is 23.1. The maximum Gasteiger partial charge on any atom is 0.0358 e. The maximum absolute atomic E-state index is 2.44. The summed E-state index contributed by atoms with van der Waals surface area (Å²) in [6, 6.07) is 21.0. The van der Waals surface area contributed by atoms with Gasteiger partial charge in [-0.15, -0.1) is 11.3 Å². The van der Waals surface area contributed by atoms with E-state index in [9.17, 15) is 0 Å². The largest absolute Gasteiger partial charge is 0.135 e. The fraction of sp³-hybridized carbons (Fsp3) is 0.419. The first-order chi connectivity index (χ1) is 14.7. The summed E-state index contributed by atoms with van der Waals surface area (Å²) in [5.41, 5.74) is 7.56. The minimum atomic E-state index is 0.117. The highest BCUT2D eigenvalue weighted by atomic mass is 32.1. The Balaban J connectivity index is 1.94. The number of hydrogen-bond acceptors (Lipinski definition) is 1. The first-order valence-corrected chi connectivity index (χ1v) is 12.7. The molecule has 3 aromatic carbocycles. The van der Waals surface area contributed by atoms with E-state index in [1.54, 1.807) is 0 Å². The van der Waals surface area contributed by atoms with Gasteiger partial charge in [-0.3, -0.25) is 0 Å². The first-order valence-electron chi connectivity index (χ1n) is 11.8. The fourth-order valence-electron chi connectivity index (χ4n) is 4.59. The quantitative estimate of drug-likeness (QED) is 0.290. The molecule has 1 heterocycles. The van der Waals surface area contributed by atoms with Gasteiger partial charge in [0.2, 0.25) is 0 Å². The SMILES string of the molecule is CC(C)(C)c1cc(Cc2cccc3sc4cccc(C(C)(C)C)c4c23)cc(C(C)(C)C)c1. The van der Waals surface area contributed by atoms with E-state index in [4.69, 9.17) is 0 Å². The smallest absolute Gasteiger partial charge is 0.0358 e. The molecule has 0 aliphatic rings. The van der Waals surface area contributed by atoms with E-state index in [1.807, 2.05) is 11.3 Å². The van der Waals surface area contributed by atoms with Gasteiger partial charge in [0.05, 0.1) is 0 Å². The van der Waals surface area contributed by atoms with Gasteiger partial charge in [0.15, 0.2) is 0 Å². The van der Waals surface area contributed by atoms with Crippen LogP contribution in [0.15, 0.2) is 54.6 Å². The van der Waals surface area contributed by atoms with Crippen LogP contribution in [0.3, 0.4) is 0 Å². The Bertz CT molecular complexity index is 1250. The molecular formula is C31H38S. The summed E-state index contributed by atoms with van der Waals surface area (Å²) in [5, 5.41) is 2.91. The highest BCUT2D eigenvalue weighted by molar-refractivity contribution is 7.25. The second kappa shape index (κ2) is 7.73. The van der Waals surface area contributed by atoms with Gasteiger partial charge in [0.25, 0.3) is 0 Å². The molecule has 0 bridgehead atoms. The Hall–Kier alpha value is -2.12. The summed E-state index contributed by atoms with van der Waals surface area (Å²) in [6.07, 6.45) is 0.967. The van der Waals surface area contributed by atoms with E-state index in [0.717, 1.165) is 6.42 Å². The van der Waals surface area contributed by atoms with Crippen LogP contribution >= 0.6 is 11.3 Å². The second-order valence-electron chi connectivity index (χ2n) is 12.4. The Labute approximate surface area is 198 Å². The summed E-state index contributed by atoms with van der Waals surface area (Å²) < 4.78 is 2.80. The predicted molar refractivity (Wildman–Crippen MR) is 145 cm³/mol. The topological polar surface area (TPSA) is 0 Å². The number of benzene rings is 3. The second-order valence-corrected chi connectivity index (χ2v) is 13.5. The van der Waals surface area contributed by atoms with Crippen LogP contribution in [0.2, 0.25) is 0 Å². The number of fused-ring (bicyclic) bond motifs is 3. The lowest BCUT2D eigenvalue weighted by atomic mass is 9.79. The van der Waals surface area contributed by atoms with Gasteiger partial charge in [-0.05, 0) is 62.6 Å². The molecule has 168 valence electrons. The fourth-order valence-corrected chi connectivity index (χ4v) is 5.77. The number of rotatable bonds is 2. The third-order valence-electron chi connectivity index (χ3n) is 6.54. The molecule has 32 heavy (non-hydrogen) atoms. The molecule has 0 fully saturated rings. The molecular weight excluding hydrogens is 404 g/mol. The van der Waals surface area contributed by atoms with E-state index >= 15 is 0 Å². The van der Waals surface area contributed by atoms with E-state index < -0.39 is 0 Å². The van der Waals surface area contributed by atoms with E-state index in [0.29, 0.717) is 0 Å². The summed E-state index contributed by atoms with van der Waals surface area (Å²) in [7, 11) is 0. The molecule has 0 unspecified atom stereocenters. The van der Waals surface area contributed by atoms with Crippen LogP contribution in [0.5, 0.6) is 0 Å². The van der Waals surface area contributed by atoms with Crippen molar-refractivity contribution in [2.24, 2.45) is 0 Å². The van der Waals surface area contributed by atoms with E-state index in [1.165, 1.54) is 48.0 Å². The zero-order valence-electron chi connectivity index (χ0n) is 21.3. The highest BCUT2D eigenvalue weighted by Gasteiger charge is 2.23. The Morgan fingerprint density at radius 2 is 1.12 bits per heavy atom. The normalized spacial score (nSPS) is 13.3. The van der Waals surface area contributed by atoms with Gasteiger partial charge < -0.3 is 0 Å². The molecule has 0 amide bonds. The molecule has 1 aromatic heterocycles. The summed E-state index contributed by atoms with van der Waals surface area (Å²) in [5.74, 6) is 0. The Morgan fingerprint density at radius 1 is 0.594 bits per heavy atom. The van der Waals surface area contributed by atoms with Crippen LogP contribution in [0.1, 0.15) is 90.1 Å². The minimum absolute atomic E-state index is 0.117. The van der Waals surface area contributed by atoms with Gasteiger partial charge in [-0.25, -0.2) is 0 Å². The Morgan fingerprint density at radius 3 is 1.66 bits per heavy atom. The molecule has 0 aliphatic heterocycles. The van der Waals surface area contributed by atoms with Crippen LogP contribution in [0.4, 0.5) is 0 Å². The van der Waals surface area contributed by atoms with Gasteiger partial charge in [0, 0.05) is 20.2 Å². The molecule has 1 heteroatoms. The monoisotopic (exact) mass is 442 g/mol. The van der Waals surface area contributed by atoms with Crippen molar-refractivity contribution in [2.45, 2.75) is 85.0 Å². The van der Waals surface area contributed by atoms with Crippen molar-refractivity contribution in [2.75, 3.05) is 0 Å². The molecule has 4 rings (SSSR count). The molecule has 0 nitrogen and oxygen atoms in total. The lowest BCUT2D eigenvalue weighted by molar-refractivity contribution is 0.567. The average Bonchev–Trinajstić information content (AvgIpc) is 3.05. The molecule has 4 aromatic rings. The minimum Gasteiger partial charge on any atom is -0.135 e. The Kier molecular flexibility index (Phi) is 5.57. The molecule has 0 radical (unpaired) electrons. The van der Waals surface area contributed by atoms with Crippen molar-refractivity contribution in [1.82, 2.24) is 0 Å².